The average molecular weight is 110 g/mol. The molecular weight excluding hydrogens is 100 g/mol. The summed E-state index contributed by atoms with van der Waals surface area (Å²) in [6, 6.07) is 0. The van der Waals surface area contributed by atoms with Crippen LogP contribution in [0.5, 0.6) is 0 Å². The van der Waals surface area contributed by atoms with Crippen LogP contribution in [0.15, 0.2) is 12.2 Å². The second kappa shape index (κ2) is 1.33. The summed E-state index contributed by atoms with van der Waals surface area (Å²) in [5.41, 5.74) is 6.64. The molecule has 1 fully saturated rings. The molecule has 2 N–H and O–H groups in total. The van der Waals surface area contributed by atoms with E-state index in [9.17, 15) is 0 Å². The Bertz CT molecular complexity index is 124. The molecule has 0 atom stereocenters. The minimum Gasteiger partial charge on any atom is -0.235 e. The number of hydrogen-bond acceptors (Lipinski definition) is 2. The third-order valence-electron chi connectivity index (χ3n) is 1.85. The van der Waals surface area contributed by atoms with E-state index < -0.39 is 0 Å². The third kappa shape index (κ3) is 0.572. The van der Waals surface area contributed by atoms with Gasteiger partial charge in [-0.2, -0.15) is 0 Å². The Labute approximate surface area is 48.9 Å². The van der Waals surface area contributed by atoms with E-state index >= 15 is 0 Å². The Balaban J connectivity index is 2.08. The number of allylic oxidation sites excluding steroid dienone is 1. The highest BCUT2D eigenvalue weighted by molar-refractivity contribution is 5.06. The van der Waals surface area contributed by atoms with Crippen molar-refractivity contribution < 1.29 is 0 Å². The molecule has 8 heavy (non-hydrogen) atoms. The Morgan fingerprint density at radius 2 is 2.12 bits per heavy atom. The van der Waals surface area contributed by atoms with Crippen molar-refractivity contribution in [2.24, 2.45) is 0 Å². The van der Waals surface area contributed by atoms with Gasteiger partial charge in [0.1, 0.15) is 0 Å². The summed E-state index contributed by atoms with van der Waals surface area (Å²) in [5.74, 6) is 0. The molecule has 1 saturated heterocycles. The van der Waals surface area contributed by atoms with Gasteiger partial charge in [-0.1, -0.05) is 12.2 Å². The molecule has 2 rings (SSSR count). The van der Waals surface area contributed by atoms with Crippen LogP contribution in [0.1, 0.15) is 19.3 Å². The summed E-state index contributed by atoms with van der Waals surface area (Å²) in [6.45, 7) is 0. The lowest BCUT2D eigenvalue weighted by atomic mass is 10.00. The van der Waals surface area contributed by atoms with Gasteiger partial charge in [0.05, 0.1) is 5.66 Å². The van der Waals surface area contributed by atoms with Gasteiger partial charge in [0, 0.05) is 0 Å². The molecule has 0 aromatic carbocycles. The van der Waals surface area contributed by atoms with Crippen molar-refractivity contribution in [2.75, 3.05) is 0 Å². The van der Waals surface area contributed by atoms with Crippen LogP contribution < -0.4 is 10.9 Å². The molecule has 1 aliphatic heterocycles. The van der Waals surface area contributed by atoms with Gasteiger partial charge < -0.3 is 0 Å². The van der Waals surface area contributed by atoms with Gasteiger partial charge in [-0.3, -0.25) is 0 Å². The van der Waals surface area contributed by atoms with Crippen LogP contribution >= 0.6 is 0 Å². The standard InChI is InChI=1S/C6H10N2/c1-2-4-6(5-3-1)7-8-6/h1-2,7-8H,3-5H2. The van der Waals surface area contributed by atoms with Crippen molar-refractivity contribution in [1.29, 1.82) is 0 Å². The van der Waals surface area contributed by atoms with Crippen LogP contribution in [0, 0.1) is 0 Å². The predicted octanol–water partition coefficient (Wildman–Crippen LogP) is 0.531. The topological polar surface area (TPSA) is 43.9 Å². The number of hydrogen-bond donors (Lipinski definition) is 2. The molecule has 2 aliphatic rings. The first kappa shape index (κ1) is 4.53. The van der Waals surface area contributed by atoms with Crippen LogP contribution in [-0.4, -0.2) is 5.66 Å². The fraction of sp³-hybridized carbons (Fsp3) is 0.667. The Hall–Kier alpha value is -0.340. The monoisotopic (exact) mass is 110 g/mol. The number of rotatable bonds is 0. The van der Waals surface area contributed by atoms with E-state index in [-0.39, 0.29) is 0 Å². The van der Waals surface area contributed by atoms with Gasteiger partial charge >= 0.3 is 0 Å². The van der Waals surface area contributed by atoms with Crippen LogP contribution in [0.25, 0.3) is 0 Å². The molecular formula is C6H10N2. The van der Waals surface area contributed by atoms with Crippen molar-refractivity contribution in [3.05, 3.63) is 12.2 Å². The molecule has 2 nitrogen and oxygen atoms in total. The molecule has 0 aromatic rings. The van der Waals surface area contributed by atoms with Crippen molar-refractivity contribution in [3.8, 4) is 0 Å². The SMILES string of the molecule is C1=CCC2(CC1)NN2. The Morgan fingerprint density at radius 1 is 1.25 bits per heavy atom. The predicted molar refractivity (Wildman–Crippen MR) is 32.0 cm³/mol. The fourth-order valence-electron chi connectivity index (χ4n) is 1.15. The highest BCUT2D eigenvalue weighted by Gasteiger charge is 2.40. The molecule has 2 heteroatoms. The van der Waals surface area contributed by atoms with E-state index in [0.29, 0.717) is 5.66 Å². The van der Waals surface area contributed by atoms with Crippen LogP contribution in [0.4, 0.5) is 0 Å². The van der Waals surface area contributed by atoms with Crippen molar-refractivity contribution in [3.63, 3.8) is 0 Å². The lowest BCUT2D eigenvalue weighted by Crippen LogP contribution is -2.17. The maximum Gasteiger partial charge on any atom is 0.0980 e. The summed E-state index contributed by atoms with van der Waals surface area (Å²) in [4.78, 5) is 0. The fourth-order valence-corrected chi connectivity index (χ4v) is 1.15. The molecule has 1 spiro atoms. The first-order chi connectivity index (χ1) is 3.91. The molecule has 1 aliphatic carbocycles. The van der Waals surface area contributed by atoms with Gasteiger partial charge in [0.15, 0.2) is 0 Å². The second-order valence-corrected chi connectivity index (χ2v) is 2.55. The third-order valence-corrected chi connectivity index (χ3v) is 1.85. The van der Waals surface area contributed by atoms with Gasteiger partial charge in [0.2, 0.25) is 0 Å². The zero-order valence-corrected chi connectivity index (χ0v) is 4.78. The van der Waals surface area contributed by atoms with Gasteiger partial charge in [0.25, 0.3) is 0 Å². The maximum atomic E-state index is 3.15. The highest BCUT2D eigenvalue weighted by atomic mass is 15.7. The first-order valence-corrected chi connectivity index (χ1v) is 3.11. The molecule has 1 heterocycles. The molecule has 0 aromatic heterocycles. The minimum absolute atomic E-state index is 0.342. The summed E-state index contributed by atoms with van der Waals surface area (Å²) < 4.78 is 0. The van der Waals surface area contributed by atoms with E-state index in [2.05, 4.69) is 23.0 Å². The average Bonchev–Trinajstić information content (AvgIpc) is 2.52. The molecule has 0 amide bonds. The van der Waals surface area contributed by atoms with Gasteiger partial charge in [-0.05, 0) is 19.3 Å². The Morgan fingerprint density at radius 3 is 2.50 bits per heavy atom. The van der Waals surface area contributed by atoms with E-state index in [1.165, 1.54) is 12.8 Å². The van der Waals surface area contributed by atoms with Crippen LogP contribution in [0.2, 0.25) is 0 Å². The molecule has 0 saturated carbocycles. The number of nitrogens with one attached hydrogen (secondary N) is 2. The van der Waals surface area contributed by atoms with Gasteiger partial charge in [-0.15, -0.1) is 0 Å². The second-order valence-electron chi connectivity index (χ2n) is 2.55. The molecule has 0 radical (unpaired) electrons. The quantitative estimate of drug-likeness (QED) is 0.353. The summed E-state index contributed by atoms with van der Waals surface area (Å²) >= 11 is 0. The first-order valence-electron chi connectivity index (χ1n) is 3.11. The van der Waals surface area contributed by atoms with Crippen molar-refractivity contribution in [1.82, 2.24) is 10.9 Å². The van der Waals surface area contributed by atoms with E-state index in [1.807, 2.05) is 0 Å². The van der Waals surface area contributed by atoms with E-state index in [4.69, 9.17) is 0 Å². The summed E-state index contributed by atoms with van der Waals surface area (Å²) in [6.07, 6.45) is 8.11. The molecule has 0 bridgehead atoms. The van der Waals surface area contributed by atoms with Gasteiger partial charge in [-0.25, -0.2) is 10.9 Å². The van der Waals surface area contributed by atoms with Crippen LogP contribution in [0.3, 0.4) is 0 Å². The maximum absolute atomic E-state index is 3.15. The lowest BCUT2D eigenvalue weighted by molar-refractivity contribution is 0.545. The van der Waals surface area contributed by atoms with Crippen molar-refractivity contribution >= 4 is 0 Å². The van der Waals surface area contributed by atoms with Crippen molar-refractivity contribution in [2.45, 2.75) is 24.9 Å². The zero-order chi connectivity index (χ0) is 5.45. The highest BCUT2D eigenvalue weighted by Crippen LogP contribution is 2.26. The Kier molecular flexibility index (Phi) is 0.754. The van der Waals surface area contributed by atoms with Crippen LogP contribution in [-0.2, 0) is 0 Å². The lowest BCUT2D eigenvalue weighted by Gasteiger charge is -2.10. The zero-order valence-electron chi connectivity index (χ0n) is 4.78. The number of hydrazine groups is 1. The largest absolute Gasteiger partial charge is 0.235 e. The molecule has 44 valence electrons. The molecule has 0 unspecified atom stereocenters. The summed E-state index contributed by atoms with van der Waals surface area (Å²) in [5, 5.41) is 0. The summed E-state index contributed by atoms with van der Waals surface area (Å²) in [7, 11) is 0. The van der Waals surface area contributed by atoms with E-state index in [0.717, 1.165) is 6.42 Å². The minimum atomic E-state index is 0.342. The smallest absolute Gasteiger partial charge is 0.0980 e. The normalized spacial score (nSPS) is 31.0. The van der Waals surface area contributed by atoms with E-state index in [1.54, 1.807) is 0 Å².